The van der Waals surface area contributed by atoms with Crippen LogP contribution in [0.3, 0.4) is 0 Å². The van der Waals surface area contributed by atoms with Crippen LogP contribution in [-0.4, -0.2) is 37.3 Å². The first kappa shape index (κ1) is 21.2. The number of aryl methyl sites for hydroxylation is 1. The van der Waals surface area contributed by atoms with Gasteiger partial charge >= 0.3 is 0 Å². The van der Waals surface area contributed by atoms with Crippen molar-refractivity contribution in [1.29, 1.82) is 0 Å². The lowest BCUT2D eigenvalue weighted by atomic mass is 10.00. The minimum atomic E-state index is -0.456. The lowest BCUT2D eigenvalue weighted by molar-refractivity contribution is 0.212. The second-order valence-corrected chi connectivity index (χ2v) is 7.54. The summed E-state index contributed by atoms with van der Waals surface area (Å²) in [6, 6.07) is 10.8. The summed E-state index contributed by atoms with van der Waals surface area (Å²) < 4.78 is 47.6. The first-order chi connectivity index (χ1) is 15.0. The molecule has 1 aliphatic heterocycles. The first-order valence-corrected chi connectivity index (χ1v) is 10.2. The molecule has 1 aromatic heterocycles. The summed E-state index contributed by atoms with van der Waals surface area (Å²) in [4.78, 5) is 2.15. The van der Waals surface area contributed by atoms with Gasteiger partial charge in [-0.05, 0) is 42.8 Å². The number of hydrogen-bond acceptors (Lipinski definition) is 4. The highest BCUT2D eigenvalue weighted by molar-refractivity contribution is 5.51. The molecule has 0 bridgehead atoms. The summed E-state index contributed by atoms with van der Waals surface area (Å²) in [7, 11) is 4.75. The van der Waals surface area contributed by atoms with E-state index in [0.29, 0.717) is 35.9 Å². The standard InChI is InChI=1S/C24H26F2N2O3/c1-29-21-14-23(31-3)22(30-2)12-16(21)15-28-11-5-10-27-9-4-6-20(27)24(28)18-13-17(25)7-8-19(18)26/h4,6-9,12-14,24H,5,10-11,15H2,1-3H3. The lowest BCUT2D eigenvalue weighted by Crippen LogP contribution is -2.30. The van der Waals surface area contributed by atoms with Crippen LogP contribution in [0.25, 0.3) is 0 Å². The van der Waals surface area contributed by atoms with Gasteiger partial charge in [-0.3, -0.25) is 4.90 Å². The Bertz CT molecular complexity index is 1070. The van der Waals surface area contributed by atoms with Gasteiger partial charge in [-0.15, -0.1) is 0 Å². The summed E-state index contributed by atoms with van der Waals surface area (Å²) in [6.07, 6.45) is 2.87. The third kappa shape index (κ3) is 4.10. The Balaban J connectivity index is 1.80. The fraction of sp³-hybridized carbons (Fsp3) is 0.333. The maximum absolute atomic E-state index is 14.9. The van der Waals surface area contributed by atoms with Crippen LogP contribution >= 0.6 is 0 Å². The van der Waals surface area contributed by atoms with E-state index in [2.05, 4.69) is 9.47 Å². The van der Waals surface area contributed by atoms with E-state index in [1.54, 1.807) is 27.4 Å². The van der Waals surface area contributed by atoms with Gasteiger partial charge in [0, 0.05) is 48.7 Å². The molecule has 1 aliphatic rings. The Morgan fingerprint density at radius 1 is 0.903 bits per heavy atom. The van der Waals surface area contributed by atoms with Gasteiger partial charge in [-0.2, -0.15) is 0 Å². The fourth-order valence-electron chi connectivity index (χ4n) is 4.32. The van der Waals surface area contributed by atoms with Crippen molar-refractivity contribution in [2.24, 2.45) is 0 Å². The Morgan fingerprint density at radius 2 is 1.65 bits per heavy atom. The predicted molar refractivity (Wildman–Crippen MR) is 114 cm³/mol. The van der Waals surface area contributed by atoms with Gasteiger partial charge in [-0.25, -0.2) is 8.78 Å². The Hall–Kier alpha value is -3.06. The predicted octanol–water partition coefficient (Wildman–Crippen LogP) is 4.79. The van der Waals surface area contributed by atoms with Crippen LogP contribution in [-0.2, 0) is 13.1 Å². The number of benzene rings is 2. The van der Waals surface area contributed by atoms with E-state index in [9.17, 15) is 8.78 Å². The summed E-state index contributed by atoms with van der Waals surface area (Å²) in [5.74, 6) is 0.925. The summed E-state index contributed by atoms with van der Waals surface area (Å²) >= 11 is 0. The van der Waals surface area contributed by atoms with Gasteiger partial charge in [0.2, 0.25) is 0 Å². The minimum Gasteiger partial charge on any atom is -0.496 e. The number of halogens is 2. The number of fused-ring (bicyclic) bond motifs is 1. The second-order valence-electron chi connectivity index (χ2n) is 7.54. The fourth-order valence-corrected chi connectivity index (χ4v) is 4.32. The second kappa shape index (κ2) is 8.98. The minimum absolute atomic E-state index is 0.321. The third-order valence-corrected chi connectivity index (χ3v) is 5.77. The molecule has 0 amide bonds. The van der Waals surface area contributed by atoms with Gasteiger partial charge in [0.15, 0.2) is 11.5 Å². The van der Waals surface area contributed by atoms with Crippen molar-refractivity contribution in [3.05, 3.63) is 77.1 Å². The van der Waals surface area contributed by atoms with E-state index >= 15 is 0 Å². The smallest absolute Gasteiger partial charge is 0.164 e. The van der Waals surface area contributed by atoms with Crippen molar-refractivity contribution in [3.63, 3.8) is 0 Å². The molecule has 0 N–H and O–H groups in total. The van der Waals surface area contributed by atoms with E-state index in [0.717, 1.165) is 30.3 Å². The first-order valence-electron chi connectivity index (χ1n) is 10.2. The number of hydrogen-bond donors (Lipinski definition) is 0. The molecule has 7 heteroatoms. The normalized spacial score (nSPS) is 16.5. The molecule has 0 radical (unpaired) electrons. The highest BCUT2D eigenvalue weighted by Crippen LogP contribution is 2.39. The number of aromatic nitrogens is 1. The van der Waals surface area contributed by atoms with Crippen molar-refractivity contribution >= 4 is 0 Å². The van der Waals surface area contributed by atoms with Crippen LogP contribution < -0.4 is 14.2 Å². The zero-order valence-corrected chi connectivity index (χ0v) is 17.9. The molecule has 2 heterocycles. The average Bonchev–Trinajstić information content (AvgIpc) is 3.17. The Labute approximate surface area is 180 Å². The topological polar surface area (TPSA) is 35.9 Å². The van der Waals surface area contributed by atoms with E-state index in [4.69, 9.17) is 14.2 Å². The summed E-state index contributed by atoms with van der Waals surface area (Å²) in [5.41, 5.74) is 2.13. The molecule has 0 saturated carbocycles. The molecule has 4 rings (SSSR count). The van der Waals surface area contributed by atoms with Gasteiger partial charge in [0.05, 0.1) is 27.4 Å². The summed E-state index contributed by atoms with van der Waals surface area (Å²) in [6.45, 7) is 1.99. The monoisotopic (exact) mass is 428 g/mol. The highest BCUT2D eigenvalue weighted by atomic mass is 19.1. The zero-order valence-electron chi connectivity index (χ0n) is 17.9. The van der Waals surface area contributed by atoms with Crippen molar-refractivity contribution in [3.8, 4) is 17.2 Å². The largest absolute Gasteiger partial charge is 0.496 e. The SMILES string of the molecule is COc1cc(OC)c(OC)cc1CN1CCCn2cccc2C1c1cc(F)ccc1F. The van der Waals surface area contributed by atoms with Crippen molar-refractivity contribution in [1.82, 2.24) is 9.47 Å². The number of rotatable bonds is 6. The van der Waals surface area contributed by atoms with Crippen molar-refractivity contribution in [2.75, 3.05) is 27.9 Å². The molecule has 0 fully saturated rings. The highest BCUT2D eigenvalue weighted by Gasteiger charge is 2.30. The maximum Gasteiger partial charge on any atom is 0.164 e. The van der Waals surface area contributed by atoms with Crippen LogP contribution in [0.4, 0.5) is 8.78 Å². The Morgan fingerprint density at radius 3 is 2.39 bits per heavy atom. The van der Waals surface area contributed by atoms with Gasteiger partial charge in [0.25, 0.3) is 0 Å². The molecule has 1 unspecified atom stereocenters. The molecular weight excluding hydrogens is 402 g/mol. The van der Waals surface area contributed by atoms with Gasteiger partial charge in [-0.1, -0.05) is 0 Å². The van der Waals surface area contributed by atoms with E-state index in [-0.39, 0.29) is 0 Å². The molecule has 0 spiro atoms. The molecule has 3 aromatic rings. The Kier molecular flexibility index (Phi) is 6.13. The van der Waals surface area contributed by atoms with Crippen LogP contribution in [0.15, 0.2) is 48.7 Å². The van der Waals surface area contributed by atoms with E-state index in [1.807, 2.05) is 24.4 Å². The number of nitrogens with zero attached hydrogens (tertiary/aromatic N) is 2. The quantitative estimate of drug-likeness (QED) is 0.566. The van der Waals surface area contributed by atoms with Gasteiger partial charge < -0.3 is 18.8 Å². The van der Waals surface area contributed by atoms with Crippen molar-refractivity contribution < 1.29 is 23.0 Å². The van der Waals surface area contributed by atoms with Crippen LogP contribution in [0.5, 0.6) is 17.2 Å². The lowest BCUT2D eigenvalue weighted by Gasteiger charge is -2.31. The molecular formula is C24H26F2N2O3. The summed E-state index contributed by atoms with van der Waals surface area (Å²) in [5, 5.41) is 0. The van der Waals surface area contributed by atoms with Crippen LogP contribution in [0, 0.1) is 11.6 Å². The molecule has 164 valence electrons. The van der Waals surface area contributed by atoms with E-state index in [1.165, 1.54) is 12.1 Å². The molecule has 0 aliphatic carbocycles. The molecule has 31 heavy (non-hydrogen) atoms. The molecule has 1 atom stereocenters. The average molecular weight is 428 g/mol. The van der Waals surface area contributed by atoms with Crippen molar-refractivity contribution in [2.45, 2.75) is 25.6 Å². The van der Waals surface area contributed by atoms with Crippen LogP contribution in [0.2, 0.25) is 0 Å². The maximum atomic E-state index is 14.9. The van der Waals surface area contributed by atoms with E-state index < -0.39 is 17.7 Å². The molecule has 2 aromatic carbocycles. The third-order valence-electron chi connectivity index (χ3n) is 5.77. The van der Waals surface area contributed by atoms with Crippen LogP contribution in [0.1, 0.15) is 29.3 Å². The zero-order chi connectivity index (χ0) is 22.0. The number of methoxy groups -OCH3 is 3. The van der Waals surface area contributed by atoms with Gasteiger partial charge in [0.1, 0.15) is 17.4 Å². The molecule has 0 saturated heterocycles. The molecule has 5 nitrogen and oxygen atoms in total. The number of ether oxygens (including phenoxy) is 3.